The largest absolute Gasteiger partial charge is 0.464 e. The Morgan fingerprint density at radius 2 is 1.69 bits per heavy atom. The van der Waals surface area contributed by atoms with Crippen LogP contribution in [0.4, 0.5) is 0 Å². The minimum atomic E-state index is -3.89. The van der Waals surface area contributed by atoms with Gasteiger partial charge >= 0.3 is 5.97 Å². The lowest BCUT2D eigenvalue weighted by molar-refractivity contribution is 0.0587. The monoisotopic (exact) mass is 462 g/mol. The van der Waals surface area contributed by atoms with Crippen molar-refractivity contribution in [3.8, 4) is 0 Å². The van der Waals surface area contributed by atoms with Crippen molar-refractivity contribution < 1.29 is 22.7 Å². The quantitative estimate of drug-likeness (QED) is 0.390. The zero-order chi connectivity index (χ0) is 24.2. The molecule has 1 aromatic heterocycles. The number of benzene rings is 1. The fourth-order valence-electron chi connectivity index (χ4n) is 3.99. The number of aromatic nitrogens is 1. The number of esters is 1. The van der Waals surface area contributed by atoms with E-state index in [-0.39, 0.29) is 23.1 Å². The van der Waals surface area contributed by atoms with E-state index in [0.717, 1.165) is 0 Å². The van der Waals surface area contributed by atoms with Crippen LogP contribution in [-0.2, 0) is 21.3 Å². The average Bonchev–Trinajstić information content (AvgIpc) is 3.02. The fourth-order valence-corrected chi connectivity index (χ4v) is 5.62. The van der Waals surface area contributed by atoms with E-state index in [4.69, 9.17) is 4.74 Å². The second-order valence-corrected chi connectivity index (χ2v) is 10.2. The van der Waals surface area contributed by atoms with Crippen molar-refractivity contribution in [3.05, 3.63) is 52.8 Å². The molecule has 7 nitrogen and oxygen atoms in total. The van der Waals surface area contributed by atoms with E-state index in [0.29, 0.717) is 35.5 Å². The maximum Gasteiger partial charge on any atom is 0.354 e. The van der Waals surface area contributed by atoms with E-state index >= 15 is 0 Å². The SMILES string of the molecule is CCn1c(C)c(C(=O)[C@@H](C)N(CCC(C)C)S(=O)(=O)c2ccccc2)c(C)c1C(=O)OC. The van der Waals surface area contributed by atoms with Gasteiger partial charge in [-0.05, 0) is 57.7 Å². The molecule has 2 aromatic rings. The Kier molecular flexibility index (Phi) is 8.42. The summed E-state index contributed by atoms with van der Waals surface area (Å²) in [6.07, 6.45) is 0.616. The molecular formula is C24H34N2O5S. The van der Waals surface area contributed by atoms with Gasteiger partial charge in [0, 0.05) is 24.3 Å². The van der Waals surface area contributed by atoms with E-state index in [9.17, 15) is 18.0 Å². The third-order valence-corrected chi connectivity index (χ3v) is 7.78. The van der Waals surface area contributed by atoms with Crippen LogP contribution in [0.5, 0.6) is 0 Å². The first-order valence-corrected chi connectivity index (χ1v) is 12.3. The predicted octanol–water partition coefficient (Wildman–Crippen LogP) is 4.22. The Bertz CT molecular complexity index is 1070. The van der Waals surface area contributed by atoms with Gasteiger partial charge in [-0.2, -0.15) is 4.31 Å². The van der Waals surface area contributed by atoms with Crippen LogP contribution in [0.15, 0.2) is 35.2 Å². The summed E-state index contributed by atoms with van der Waals surface area (Å²) < 4.78 is 34.9. The van der Waals surface area contributed by atoms with Gasteiger partial charge in [-0.1, -0.05) is 32.0 Å². The molecule has 0 unspecified atom stereocenters. The van der Waals surface area contributed by atoms with Gasteiger partial charge in [0.25, 0.3) is 0 Å². The van der Waals surface area contributed by atoms with Crippen molar-refractivity contribution in [1.29, 1.82) is 0 Å². The second-order valence-electron chi connectivity index (χ2n) is 8.32. The fraction of sp³-hybridized carbons (Fsp3) is 0.500. The number of methoxy groups -OCH3 is 1. The highest BCUT2D eigenvalue weighted by atomic mass is 32.2. The second kappa shape index (κ2) is 10.4. The summed E-state index contributed by atoms with van der Waals surface area (Å²) in [5, 5.41) is 0. The molecule has 0 amide bonds. The van der Waals surface area contributed by atoms with Gasteiger partial charge in [0.15, 0.2) is 5.78 Å². The minimum absolute atomic E-state index is 0.151. The molecule has 1 aromatic carbocycles. The number of hydrogen-bond acceptors (Lipinski definition) is 5. The van der Waals surface area contributed by atoms with Gasteiger partial charge in [0.2, 0.25) is 10.0 Å². The lowest BCUT2D eigenvalue weighted by atomic mass is 10.0. The Morgan fingerprint density at radius 1 is 1.09 bits per heavy atom. The van der Waals surface area contributed by atoms with E-state index in [1.54, 1.807) is 43.5 Å². The molecule has 0 N–H and O–H groups in total. The highest BCUT2D eigenvalue weighted by Crippen LogP contribution is 2.28. The molecule has 1 atom stereocenters. The summed E-state index contributed by atoms with van der Waals surface area (Å²) in [7, 11) is -2.59. The van der Waals surface area contributed by atoms with Crippen LogP contribution < -0.4 is 0 Å². The summed E-state index contributed by atoms with van der Waals surface area (Å²) in [6.45, 7) is 11.7. The Labute approximate surface area is 191 Å². The van der Waals surface area contributed by atoms with E-state index in [2.05, 4.69) is 0 Å². The van der Waals surface area contributed by atoms with Crippen LogP contribution in [0.2, 0.25) is 0 Å². The van der Waals surface area contributed by atoms with Gasteiger partial charge in [0.1, 0.15) is 5.69 Å². The molecule has 0 spiro atoms. The first-order valence-electron chi connectivity index (χ1n) is 10.9. The molecule has 0 saturated heterocycles. The Morgan fingerprint density at radius 3 is 2.19 bits per heavy atom. The number of carbonyl (C=O) groups is 2. The zero-order valence-corrected chi connectivity index (χ0v) is 20.8. The molecule has 32 heavy (non-hydrogen) atoms. The van der Waals surface area contributed by atoms with E-state index in [1.807, 2.05) is 20.8 Å². The van der Waals surface area contributed by atoms with Gasteiger partial charge in [-0.15, -0.1) is 0 Å². The van der Waals surface area contributed by atoms with Crippen molar-refractivity contribution in [2.75, 3.05) is 13.7 Å². The zero-order valence-electron chi connectivity index (χ0n) is 20.0. The molecule has 0 aliphatic rings. The normalized spacial score (nSPS) is 12.9. The van der Waals surface area contributed by atoms with Crippen LogP contribution in [0, 0.1) is 19.8 Å². The topological polar surface area (TPSA) is 85.7 Å². The Hall–Kier alpha value is -2.45. The van der Waals surface area contributed by atoms with Crippen molar-refractivity contribution in [2.45, 2.75) is 65.4 Å². The third kappa shape index (κ3) is 4.96. The molecule has 0 saturated carbocycles. The molecule has 1 heterocycles. The first kappa shape index (κ1) is 25.8. The van der Waals surface area contributed by atoms with Crippen molar-refractivity contribution >= 4 is 21.8 Å². The van der Waals surface area contributed by atoms with Crippen LogP contribution in [-0.4, -0.2) is 48.7 Å². The summed E-state index contributed by atoms with van der Waals surface area (Å²) in [6, 6.07) is 7.22. The number of nitrogens with zero attached hydrogens (tertiary/aromatic N) is 2. The number of sulfonamides is 1. The van der Waals surface area contributed by atoms with Crippen molar-refractivity contribution in [2.24, 2.45) is 5.92 Å². The van der Waals surface area contributed by atoms with Crippen LogP contribution in [0.3, 0.4) is 0 Å². The smallest absolute Gasteiger partial charge is 0.354 e. The van der Waals surface area contributed by atoms with Gasteiger partial charge < -0.3 is 9.30 Å². The molecular weight excluding hydrogens is 428 g/mol. The minimum Gasteiger partial charge on any atom is -0.464 e. The molecule has 0 aliphatic heterocycles. The number of carbonyl (C=O) groups excluding carboxylic acids is 2. The average molecular weight is 463 g/mol. The summed E-state index contributed by atoms with van der Waals surface area (Å²) in [5.74, 6) is -0.588. The summed E-state index contributed by atoms with van der Waals surface area (Å²) in [5.41, 5.74) is 1.83. The van der Waals surface area contributed by atoms with E-state index in [1.165, 1.54) is 23.5 Å². The number of hydrogen-bond donors (Lipinski definition) is 0. The highest BCUT2D eigenvalue weighted by molar-refractivity contribution is 7.89. The molecule has 0 radical (unpaired) electrons. The molecule has 2 rings (SSSR count). The van der Waals surface area contributed by atoms with Crippen LogP contribution in [0.25, 0.3) is 0 Å². The molecule has 0 fully saturated rings. The molecule has 8 heteroatoms. The first-order chi connectivity index (χ1) is 15.0. The maximum absolute atomic E-state index is 13.7. The number of ether oxygens (including phenoxy) is 1. The van der Waals surface area contributed by atoms with Gasteiger partial charge in [0.05, 0.1) is 18.0 Å². The Balaban J connectivity index is 2.58. The molecule has 0 aliphatic carbocycles. The molecule has 176 valence electrons. The maximum atomic E-state index is 13.7. The van der Waals surface area contributed by atoms with Crippen molar-refractivity contribution in [1.82, 2.24) is 8.87 Å². The van der Waals surface area contributed by atoms with E-state index < -0.39 is 22.0 Å². The lowest BCUT2D eigenvalue weighted by Gasteiger charge is -2.28. The highest BCUT2D eigenvalue weighted by Gasteiger charge is 2.36. The lowest BCUT2D eigenvalue weighted by Crippen LogP contribution is -2.44. The van der Waals surface area contributed by atoms with Gasteiger partial charge in [-0.3, -0.25) is 4.79 Å². The van der Waals surface area contributed by atoms with Crippen LogP contribution >= 0.6 is 0 Å². The summed E-state index contributed by atoms with van der Waals surface area (Å²) in [4.78, 5) is 26.2. The standard InChI is InChI=1S/C24H34N2O5S/c1-8-25-18(5)21(17(4)22(25)24(28)31-7)23(27)19(6)26(15-14-16(2)3)32(29,30)20-12-10-9-11-13-20/h9-13,16,19H,8,14-15H2,1-7H3/t19-/m1/s1. The van der Waals surface area contributed by atoms with Crippen LogP contribution in [0.1, 0.15) is 66.2 Å². The van der Waals surface area contributed by atoms with Crippen molar-refractivity contribution in [3.63, 3.8) is 0 Å². The molecule has 0 bridgehead atoms. The van der Waals surface area contributed by atoms with Gasteiger partial charge in [-0.25, -0.2) is 13.2 Å². The number of Topliss-reactive ketones (excluding diaryl/α,β-unsaturated/α-hetero) is 1. The summed E-state index contributed by atoms with van der Waals surface area (Å²) >= 11 is 0. The number of ketones is 1. The third-order valence-electron chi connectivity index (χ3n) is 5.80. The predicted molar refractivity (Wildman–Crippen MR) is 125 cm³/mol. The number of rotatable bonds is 10.